The summed E-state index contributed by atoms with van der Waals surface area (Å²) in [4.78, 5) is 37.3. The van der Waals surface area contributed by atoms with Crippen LogP contribution in [-0.4, -0.2) is 30.9 Å². The van der Waals surface area contributed by atoms with Crippen molar-refractivity contribution < 1.29 is 19.1 Å². The van der Waals surface area contributed by atoms with Gasteiger partial charge in [0.25, 0.3) is 11.8 Å². The fourth-order valence-corrected chi connectivity index (χ4v) is 4.17. The first-order valence-electron chi connectivity index (χ1n) is 9.08. The molecule has 1 aliphatic rings. The molecule has 2 aromatic rings. The van der Waals surface area contributed by atoms with Crippen molar-refractivity contribution in [1.82, 2.24) is 5.32 Å². The van der Waals surface area contributed by atoms with Crippen molar-refractivity contribution in [3.63, 3.8) is 0 Å². The van der Waals surface area contributed by atoms with Crippen molar-refractivity contribution >= 4 is 46.4 Å². The van der Waals surface area contributed by atoms with Gasteiger partial charge in [-0.1, -0.05) is 30.9 Å². The van der Waals surface area contributed by atoms with Crippen LogP contribution in [0.3, 0.4) is 0 Å². The van der Waals surface area contributed by atoms with E-state index in [-0.39, 0.29) is 17.9 Å². The molecule has 3 rings (SSSR count). The Kier molecular flexibility index (Phi) is 6.70. The lowest BCUT2D eigenvalue weighted by molar-refractivity contribution is 0.0606. The highest BCUT2D eigenvalue weighted by molar-refractivity contribution is 7.16. The number of carbonyl (C=O) groups excluding carboxylic acids is 3. The summed E-state index contributed by atoms with van der Waals surface area (Å²) in [5.41, 5.74) is 0.780. The molecule has 0 atom stereocenters. The van der Waals surface area contributed by atoms with E-state index in [0.717, 1.165) is 37.0 Å². The Morgan fingerprint density at radius 3 is 2.46 bits per heavy atom. The van der Waals surface area contributed by atoms with Gasteiger partial charge in [0.05, 0.1) is 22.6 Å². The minimum Gasteiger partial charge on any atom is -0.465 e. The van der Waals surface area contributed by atoms with E-state index in [2.05, 4.69) is 15.4 Å². The maximum atomic E-state index is 12.6. The highest BCUT2D eigenvalue weighted by Gasteiger charge is 2.19. The van der Waals surface area contributed by atoms with Crippen LogP contribution in [0.5, 0.6) is 0 Å². The SMILES string of the molecule is COC(=O)c1ccc(C(=O)Nc2ccc(Cl)c(C(=O)NC3CCCCC3)c2)s1. The Morgan fingerprint density at radius 1 is 1.04 bits per heavy atom. The molecule has 8 heteroatoms. The monoisotopic (exact) mass is 420 g/mol. The van der Waals surface area contributed by atoms with Crippen LogP contribution in [0.25, 0.3) is 0 Å². The third kappa shape index (κ3) is 4.91. The van der Waals surface area contributed by atoms with Crippen LogP contribution in [0.2, 0.25) is 5.02 Å². The number of thiophene rings is 1. The molecule has 2 N–H and O–H groups in total. The fourth-order valence-electron chi connectivity index (χ4n) is 3.15. The third-order valence-corrected chi connectivity index (χ3v) is 6.02. The zero-order chi connectivity index (χ0) is 20.1. The molecule has 0 aliphatic heterocycles. The quantitative estimate of drug-likeness (QED) is 0.697. The molecule has 28 heavy (non-hydrogen) atoms. The highest BCUT2D eigenvalue weighted by atomic mass is 35.5. The molecule has 1 heterocycles. The second-order valence-electron chi connectivity index (χ2n) is 6.61. The molecule has 1 aromatic carbocycles. The Hall–Kier alpha value is -2.38. The van der Waals surface area contributed by atoms with Crippen LogP contribution in [-0.2, 0) is 4.74 Å². The van der Waals surface area contributed by atoms with Gasteiger partial charge >= 0.3 is 5.97 Å². The van der Waals surface area contributed by atoms with Crippen molar-refractivity contribution in [2.75, 3.05) is 12.4 Å². The number of amides is 2. The van der Waals surface area contributed by atoms with Crippen molar-refractivity contribution in [3.8, 4) is 0 Å². The lowest BCUT2D eigenvalue weighted by atomic mass is 9.95. The average Bonchev–Trinajstić information content (AvgIpc) is 3.20. The molecule has 0 unspecified atom stereocenters. The second kappa shape index (κ2) is 9.21. The third-order valence-electron chi connectivity index (χ3n) is 4.63. The lowest BCUT2D eigenvalue weighted by Crippen LogP contribution is -2.36. The molecule has 0 saturated heterocycles. The number of rotatable bonds is 5. The van der Waals surface area contributed by atoms with E-state index in [1.54, 1.807) is 24.3 Å². The summed E-state index contributed by atoms with van der Waals surface area (Å²) in [7, 11) is 1.29. The molecule has 6 nitrogen and oxygen atoms in total. The number of ether oxygens (including phenoxy) is 1. The number of methoxy groups -OCH3 is 1. The Labute approximate surface area is 172 Å². The number of nitrogens with one attached hydrogen (secondary N) is 2. The van der Waals surface area contributed by atoms with E-state index in [9.17, 15) is 14.4 Å². The summed E-state index contributed by atoms with van der Waals surface area (Å²) in [6.45, 7) is 0. The molecule has 1 fully saturated rings. The van der Waals surface area contributed by atoms with Gasteiger partial charge in [0.15, 0.2) is 0 Å². The van der Waals surface area contributed by atoms with Gasteiger partial charge in [0.2, 0.25) is 0 Å². The van der Waals surface area contributed by atoms with Crippen molar-refractivity contribution in [2.45, 2.75) is 38.1 Å². The lowest BCUT2D eigenvalue weighted by Gasteiger charge is -2.23. The fraction of sp³-hybridized carbons (Fsp3) is 0.350. The Bertz CT molecular complexity index is 890. The molecule has 1 aromatic heterocycles. The van der Waals surface area contributed by atoms with E-state index in [1.807, 2.05) is 0 Å². The molecular formula is C20H21ClN2O4S. The Morgan fingerprint density at radius 2 is 1.75 bits per heavy atom. The minimum absolute atomic E-state index is 0.165. The number of benzene rings is 1. The standard InChI is InChI=1S/C20H21ClN2O4S/c1-27-20(26)17-10-9-16(28-17)19(25)23-13-7-8-15(21)14(11-13)18(24)22-12-5-3-2-4-6-12/h7-12H,2-6H2,1H3,(H,22,24)(H,23,25). The van der Waals surface area contributed by atoms with Gasteiger partial charge in [-0.15, -0.1) is 11.3 Å². The summed E-state index contributed by atoms with van der Waals surface area (Å²) < 4.78 is 4.65. The summed E-state index contributed by atoms with van der Waals surface area (Å²) in [6.07, 6.45) is 5.38. The van der Waals surface area contributed by atoms with E-state index < -0.39 is 5.97 Å². The van der Waals surface area contributed by atoms with Crippen LogP contribution < -0.4 is 10.6 Å². The van der Waals surface area contributed by atoms with Gasteiger partial charge in [0, 0.05) is 11.7 Å². The molecule has 0 bridgehead atoms. The van der Waals surface area contributed by atoms with Gasteiger partial charge in [-0.25, -0.2) is 4.79 Å². The van der Waals surface area contributed by atoms with Crippen LogP contribution >= 0.6 is 22.9 Å². The molecule has 1 aliphatic carbocycles. The maximum absolute atomic E-state index is 12.6. The van der Waals surface area contributed by atoms with Gasteiger partial charge in [0.1, 0.15) is 4.88 Å². The predicted octanol–water partition coefficient (Wildman–Crippen LogP) is 4.50. The first-order chi connectivity index (χ1) is 13.5. The second-order valence-corrected chi connectivity index (χ2v) is 8.10. The Balaban J connectivity index is 1.70. The van der Waals surface area contributed by atoms with Gasteiger partial charge in [-0.05, 0) is 43.2 Å². The van der Waals surface area contributed by atoms with Crippen LogP contribution in [0.4, 0.5) is 5.69 Å². The number of anilines is 1. The summed E-state index contributed by atoms with van der Waals surface area (Å²) in [5, 5.41) is 6.09. The van der Waals surface area contributed by atoms with Gasteiger partial charge < -0.3 is 15.4 Å². The van der Waals surface area contributed by atoms with Gasteiger partial charge in [-0.2, -0.15) is 0 Å². The number of esters is 1. The zero-order valence-electron chi connectivity index (χ0n) is 15.4. The molecule has 0 spiro atoms. The first kappa shape index (κ1) is 20.4. The summed E-state index contributed by atoms with van der Waals surface area (Å²) >= 11 is 7.23. The van der Waals surface area contributed by atoms with E-state index in [4.69, 9.17) is 11.6 Å². The molecule has 1 saturated carbocycles. The topological polar surface area (TPSA) is 84.5 Å². The normalized spacial score (nSPS) is 14.4. The van der Waals surface area contributed by atoms with Crippen LogP contribution in [0, 0.1) is 0 Å². The van der Waals surface area contributed by atoms with Crippen LogP contribution in [0.1, 0.15) is 61.8 Å². The van der Waals surface area contributed by atoms with E-state index in [1.165, 1.54) is 19.6 Å². The van der Waals surface area contributed by atoms with E-state index >= 15 is 0 Å². The van der Waals surface area contributed by atoms with Gasteiger partial charge in [-0.3, -0.25) is 9.59 Å². The van der Waals surface area contributed by atoms with E-state index in [0.29, 0.717) is 26.0 Å². The number of hydrogen-bond acceptors (Lipinski definition) is 5. The van der Waals surface area contributed by atoms with Crippen molar-refractivity contribution in [3.05, 3.63) is 50.7 Å². The average molecular weight is 421 g/mol. The predicted molar refractivity (Wildman–Crippen MR) is 109 cm³/mol. The minimum atomic E-state index is -0.489. The smallest absolute Gasteiger partial charge is 0.348 e. The van der Waals surface area contributed by atoms with Crippen molar-refractivity contribution in [2.24, 2.45) is 0 Å². The zero-order valence-corrected chi connectivity index (χ0v) is 17.0. The van der Waals surface area contributed by atoms with Crippen LogP contribution in [0.15, 0.2) is 30.3 Å². The molecular weight excluding hydrogens is 400 g/mol. The summed E-state index contributed by atoms with van der Waals surface area (Å²) in [6, 6.07) is 8.04. The van der Waals surface area contributed by atoms with Crippen molar-refractivity contribution in [1.29, 1.82) is 0 Å². The maximum Gasteiger partial charge on any atom is 0.348 e. The number of hydrogen-bond donors (Lipinski definition) is 2. The number of carbonyl (C=O) groups is 3. The molecule has 2 amide bonds. The largest absolute Gasteiger partial charge is 0.465 e. The highest BCUT2D eigenvalue weighted by Crippen LogP contribution is 2.24. The molecule has 0 radical (unpaired) electrons. The summed E-state index contributed by atoms with van der Waals surface area (Å²) in [5.74, 6) is -1.10. The first-order valence-corrected chi connectivity index (χ1v) is 10.3. The number of halogens is 1. The molecule has 148 valence electrons.